The fourth-order valence-electron chi connectivity index (χ4n) is 6.08. The minimum atomic E-state index is -0.671. The van der Waals surface area contributed by atoms with E-state index in [4.69, 9.17) is 4.74 Å². The Morgan fingerprint density at radius 3 is 2.35 bits per heavy atom. The molecule has 0 aromatic rings. The Bertz CT molecular complexity index is 497. The van der Waals surface area contributed by atoms with Crippen molar-refractivity contribution in [1.29, 1.82) is 0 Å². The van der Waals surface area contributed by atoms with Crippen molar-refractivity contribution in [1.82, 2.24) is 5.32 Å². The zero-order valence-corrected chi connectivity index (χ0v) is 13.7. The first-order chi connectivity index (χ1) is 11.0. The molecule has 5 saturated carbocycles. The highest BCUT2D eigenvalue weighted by molar-refractivity contribution is 5.83. The van der Waals surface area contributed by atoms with Crippen LogP contribution in [0.5, 0.6) is 0 Å². The van der Waals surface area contributed by atoms with E-state index in [-0.39, 0.29) is 24.5 Å². The summed E-state index contributed by atoms with van der Waals surface area (Å²) in [5.74, 6) is 0.447. The van der Waals surface area contributed by atoms with Gasteiger partial charge in [-0.15, -0.1) is 0 Å². The van der Waals surface area contributed by atoms with E-state index in [1.54, 1.807) is 0 Å². The first kappa shape index (κ1) is 15.4. The standard InChI is InChI=1S/C18H27NO4/c20-15(19-14-3-1-2-4-14)10-23-16(21)17-6-12-5-13(7-17)9-18(22,8-12)11-17/h12-14,22H,1-11H2,(H,19,20)/t12-,13+,17?,18?. The third-order valence-electron chi connectivity index (χ3n) is 6.52. The summed E-state index contributed by atoms with van der Waals surface area (Å²) >= 11 is 0. The average Bonchev–Trinajstić information content (AvgIpc) is 2.95. The molecule has 128 valence electrons. The molecule has 4 atom stereocenters. The van der Waals surface area contributed by atoms with Gasteiger partial charge >= 0.3 is 5.97 Å². The van der Waals surface area contributed by atoms with Gasteiger partial charge in [-0.1, -0.05) is 12.8 Å². The number of hydrogen-bond acceptors (Lipinski definition) is 4. The predicted molar refractivity (Wildman–Crippen MR) is 83.4 cm³/mol. The highest BCUT2D eigenvalue weighted by Gasteiger charge is 2.60. The maximum Gasteiger partial charge on any atom is 0.312 e. The van der Waals surface area contributed by atoms with Gasteiger partial charge in [-0.05, 0) is 63.2 Å². The van der Waals surface area contributed by atoms with Crippen LogP contribution in [0.4, 0.5) is 0 Å². The van der Waals surface area contributed by atoms with Crippen LogP contribution in [0.25, 0.3) is 0 Å². The van der Waals surface area contributed by atoms with Crippen LogP contribution >= 0.6 is 0 Å². The second-order valence-corrected chi connectivity index (χ2v) is 8.59. The Balaban J connectivity index is 1.34. The fourth-order valence-corrected chi connectivity index (χ4v) is 6.08. The lowest BCUT2D eigenvalue weighted by Crippen LogP contribution is -2.58. The van der Waals surface area contributed by atoms with E-state index in [1.165, 1.54) is 0 Å². The van der Waals surface area contributed by atoms with Crippen LogP contribution in [0.3, 0.4) is 0 Å². The number of aliphatic hydroxyl groups is 1. The van der Waals surface area contributed by atoms with E-state index in [1.807, 2.05) is 0 Å². The number of carbonyl (C=O) groups excluding carboxylic acids is 2. The van der Waals surface area contributed by atoms with Crippen molar-refractivity contribution < 1.29 is 19.4 Å². The minimum Gasteiger partial charge on any atom is -0.455 e. The summed E-state index contributed by atoms with van der Waals surface area (Å²) in [5.41, 5.74) is -1.21. The van der Waals surface area contributed by atoms with Crippen LogP contribution in [0, 0.1) is 17.3 Å². The first-order valence-corrected chi connectivity index (χ1v) is 9.15. The molecule has 4 bridgehead atoms. The van der Waals surface area contributed by atoms with Crippen LogP contribution in [0.1, 0.15) is 64.2 Å². The largest absolute Gasteiger partial charge is 0.455 e. The van der Waals surface area contributed by atoms with Crippen molar-refractivity contribution in [3.05, 3.63) is 0 Å². The second-order valence-electron chi connectivity index (χ2n) is 8.59. The number of esters is 1. The molecule has 5 rings (SSSR count). The van der Waals surface area contributed by atoms with Gasteiger partial charge in [0.05, 0.1) is 11.0 Å². The maximum atomic E-state index is 12.7. The molecule has 5 heteroatoms. The van der Waals surface area contributed by atoms with Gasteiger partial charge in [0.1, 0.15) is 0 Å². The third kappa shape index (κ3) is 2.88. The molecule has 0 radical (unpaired) electrons. The smallest absolute Gasteiger partial charge is 0.312 e. The van der Waals surface area contributed by atoms with Gasteiger partial charge in [-0.3, -0.25) is 9.59 Å². The minimum absolute atomic E-state index is 0.176. The average molecular weight is 321 g/mol. The predicted octanol–water partition coefficient (Wildman–Crippen LogP) is 1.92. The molecule has 0 aliphatic heterocycles. The SMILES string of the molecule is O=C(COC(=O)C12C[C@@H]3C[C@@H](CC(O)(C3)C1)C2)NC1CCCC1. The Morgan fingerprint density at radius 1 is 1.09 bits per heavy atom. The molecule has 5 aliphatic rings. The van der Waals surface area contributed by atoms with Gasteiger partial charge < -0.3 is 15.2 Å². The van der Waals surface area contributed by atoms with Gasteiger partial charge in [0.15, 0.2) is 6.61 Å². The van der Waals surface area contributed by atoms with Gasteiger partial charge in [0.25, 0.3) is 5.91 Å². The van der Waals surface area contributed by atoms with Crippen molar-refractivity contribution in [3.63, 3.8) is 0 Å². The highest BCUT2D eigenvalue weighted by Crippen LogP contribution is 2.61. The topological polar surface area (TPSA) is 75.6 Å². The normalized spacial score (nSPS) is 42.0. The summed E-state index contributed by atoms with van der Waals surface area (Å²) < 4.78 is 5.38. The highest BCUT2D eigenvalue weighted by atomic mass is 16.5. The summed E-state index contributed by atoms with van der Waals surface area (Å²) in [6.45, 7) is -0.176. The van der Waals surface area contributed by atoms with E-state index < -0.39 is 11.0 Å². The molecule has 23 heavy (non-hydrogen) atoms. The van der Waals surface area contributed by atoms with Crippen LogP contribution < -0.4 is 5.32 Å². The zero-order valence-electron chi connectivity index (χ0n) is 13.7. The molecular weight excluding hydrogens is 294 g/mol. The van der Waals surface area contributed by atoms with Crippen molar-refractivity contribution in [2.75, 3.05) is 6.61 Å². The lowest BCUT2D eigenvalue weighted by Gasteiger charge is -2.58. The number of carbonyl (C=O) groups is 2. The number of amides is 1. The molecule has 0 aromatic heterocycles. The molecular formula is C18H27NO4. The third-order valence-corrected chi connectivity index (χ3v) is 6.52. The molecule has 0 aromatic carbocycles. The maximum absolute atomic E-state index is 12.7. The van der Waals surface area contributed by atoms with Crippen LogP contribution in [-0.2, 0) is 14.3 Å². The summed E-state index contributed by atoms with van der Waals surface area (Å²) in [7, 11) is 0. The number of nitrogens with one attached hydrogen (secondary N) is 1. The van der Waals surface area contributed by atoms with Crippen molar-refractivity contribution in [2.24, 2.45) is 17.3 Å². The molecule has 0 spiro atoms. The molecule has 0 heterocycles. The summed E-state index contributed by atoms with van der Waals surface area (Å²) in [6, 6.07) is 0.251. The van der Waals surface area contributed by atoms with Gasteiger partial charge in [-0.2, -0.15) is 0 Å². The molecule has 5 nitrogen and oxygen atoms in total. The number of hydrogen-bond donors (Lipinski definition) is 2. The zero-order chi connectivity index (χ0) is 16.1. The summed E-state index contributed by atoms with van der Waals surface area (Å²) in [4.78, 5) is 24.6. The van der Waals surface area contributed by atoms with Gasteiger partial charge in [0, 0.05) is 6.04 Å². The van der Waals surface area contributed by atoms with Crippen LogP contribution in [-0.4, -0.2) is 35.2 Å². The number of rotatable bonds is 4. The Hall–Kier alpha value is -1.10. The lowest BCUT2D eigenvalue weighted by molar-refractivity contribution is -0.196. The van der Waals surface area contributed by atoms with Crippen molar-refractivity contribution in [2.45, 2.75) is 75.9 Å². The summed E-state index contributed by atoms with van der Waals surface area (Å²) in [5, 5.41) is 13.6. The van der Waals surface area contributed by atoms with Crippen LogP contribution in [0.2, 0.25) is 0 Å². The number of ether oxygens (including phenoxy) is 1. The molecule has 0 saturated heterocycles. The molecule has 1 amide bonds. The molecule has 2 N–H and O–H groups in total. The molecule has 2 unspecified atom stereocenters. The van der Waals surface area contributed by atoms with Crippen molar-refractivity contribution >= 4 is 11.9 Å². The van der Waals surface area contributed by atoms with Crippen LogP contribution in [0.15, 0.2) is 0 Å². The lowest BCUT2D eigenvalue weighted by atomic mass is 9.48. The van der Waals surface area contributed by atoms with E-state index >= 15 is 0 Å². The summed E-state index contributed by atoms with van der Waals surface area (Å²) in [6.07, 6.45) is 9.37. The second kappa shape index (κ2) is 5.47. The Morgan fingerprint density at radius 2 is 1.74 bits per heavy atom. The van der Waals surface area contributed by atoms with E-state index in [9.17, 15) is 14.7 Å². The quantitative estimate of drug-likeness (QED) is 0.776. The monoisotopic (exact) mass is 321 g/mol. The van der Waals surface area contributed by atoms with Gasteiger partial charge in [-0.25, -0.2) is 0 Å². The first-order valence-electron chi connectivity index (χ1n) is 9.15. The Labute approximate surface area is 137 Å². The van der Waals surface area contributed by atoms with Gasteiger partial charge in [0.2, 0.25) is 0 Å². The van der Waals surface area contributed by atoms with E-state index in [2.05, 4.69) is 5.32 Å². The Kier molecular flexibility index (Phi) is 3.67. The van der Waals surface area contributed by atoms with E-state index in [0.717, 1.165) is 57.8 Å². The molecule has 5 aliphatic carbocycles. The van der Waals surface area contributed by atoms with Crippen molar-refractivity contribution in [3.8, 4) is 0 Å². The molecule has 5 fully saturated rings. The fraction of sp³-hybridized carbons (Fsp3) is 0.889. The van der Waals surface area contributed by atoms with E-state index in [0.29, 0.717) is 18.3 Å².